The Labute approximate surface area is 76.0 Å². The first-order valence-corrected chi connectivity index (χ1v) is 4.63. The lowest BCUT2D eigenvalue weighted by molar-refractivity contribution is 0.504. The van der Waals surface area contributed by atoms with Gasteiger partial charge < -0.3 is 0 Å². The Morgan fingerprint density at radius 3 is 2.92 bits per heavy atom. The van der Waals surface area contributed by atoms with Crippen molar-refractivity contribution in [2.24, 2.45) is 4.99 Å². The third-order valence-corrected chi connectivity index (χ3v) is 2.41. The molecule has 1 aromatic heterocycles. The number of aliphatic imine (C=N–C) groups is 1. The van der Waals surface area contributed by atoms with Crippen LogP contribution in [0.25, 0.3) is 0 Å². The molecular weight excluding hydrogens is 170 g/mol. The third kappa shape index (κ3) is 2.61. The molecule has 0 spiro atoms. The molecule has 12 heavy (non-hydrogen) atoms. The monoisotopic (exact) mass is 181 g/mol. The second kappa shape index (κ2) is 3.65. The van der Waals surface area contributed by atoms with Crippen LogP contribution < -0.4 is 0 Å². The Hall–Kier alpha value is -0.920. The molecule has 0 fully saturated rings. The maximum Gasteiger partial charge on any atom is 0.235 e. The van der Waals surface area contributed by atoms with Crippen molar-refractivity contribution in [3.63, 3.8) is 0 Å². The molecule has 0 atom stereocenters. The van der Waals surface area contributed by atoms with Crippen molar-refractivity contribution in [3.8, 4) is 0 Å². The average Bonchev–Trinajstić information content (AvgIpc) is 2.38. The van der Waals surface area contributed by atoms with E-state index in [1.807, 2.05) is 31.4 Å². The van der Waals surface area contributed by atoms with Crippen molar-refractivity contribution in [1.29, 1.82) is 0 Å². The zero-order valence-corrected chi connectivity index (χ0v) is 8.02. The fraction of sp³-hybridized carbons (Fsp3) is 0.444. The number of rotatable bonds is 3. The molecule has 1 heterocycles. The van der Waals surface area contributed by atoms with Crippen LogP contribution in [0.5, 0.6) is 0 Å². The minimum absolute atomic E-state index is 0.313. The van der Waals surface area contributed by atoms with Crippen molar-refractivity contribution >= 4 is 17.4 Å². The van der Waals surface area contributed by atoms with Gasteiger partial charge in [-0.1, -0.05) is 6.07 Å². The van der Waals surface area contributed by atoms with Gasteiger partial charge in [0, 0.05) is 11.3 Å². The minimum Gasteiger partial charge on any atom is -0.211 e. The molecule has 0 saturated heterocycles. The molecule has 0 bridgehead atoms. The second-order valence-electron chi connectivity index (χ2n) is 3.27. The Balaban J connectivity index is 2.68. The van der Waals surface area contributed by atoms with Gasteiger partial charge in [0.2, 0.25) is 6.08 Å². The van der Waals surface area contributed by atoms with E-state index in [1.165, 1.54) is 4.88 Å². The van der Waals surface area contributed by atoms with Crippen LogP contribution in [0, 0.1) is 0 Å². The van der Waals surface area contributed by atoms with Crippen molar-refractivity contribution in [2.75, 3.05) is 0 Å². The van der Waals surface area contributed by atoms with E-state index in [0.717, 1.165) is 6.42 Å². The number of carbonyl (C=O) groups excluding carboxylic acids is 1. The summed E-state index contributed by atoms with van der Waals surface area (Å²) in [6.45, 7) is 3.86. The van der Waals surface area contributed by atoms with Gasteiger partial charge in [-0.3, -0.25) is 0 Å². The normalized spacial score (nSPS) is 10.8. The van der Waals surface area contributed by atoms with E-state index in [2.05, 4.69) is 4.99 Å². The summed E-state index contributed by atoms with van der Waals surface area (Å²) in [6, 6.07) is 4.05. The van der Waals surface area contributed by atoms with Crippen molar-refractivity contribution in [3.05, 3.63) is 22.4 Å². The van der Waals surface area contributed by atoms with Gasteiger partial charge in [-0.2, -0.15) is 4.99 Å². The summed E-state index contributed by atoms with van der Waals surface area (Å²) in [5.41, 5.74) is -0.313. The highest BCUT2D eigenvalue weighted by Crippen LogP contribution is 2.19. The maximum atomic E-state index is 10.1. The fourth-order valence-electron chi connectivity index (χ4n) is 1.00. The van der Waals surface area contributed by atoms with Crippen molar-refractivity contribution in [1.82, 2.24) is 0 Å². The summed E-state index contributed by atoms with van der Waals surface area (Å²) in [5, 5.41) is 2.02. The molecule has 1 rings (SSSR count). The van der Waals surface area contributed by atoms with Gasteiger partial charge in [0.15, 0.2) is 0 Å². The smallest absolute Gasteiger partial charge is 0.211 e. The molecule has 0 aliphatic rings. The average molecular weight is 181 g/mol. The highest BCUT2D eigenvalue weighted by atomic mass is 32.1. The molecule has 0 radical (unpaired) electrons. The van der Waals surface area contributed by atoms with E-state index in [-0.39, 0.29) is 5.54 Å². The summed E-state index contributed by atoms with van der Waals surface area (Å²) in [5.74, 6) is 0. The lowest BCUT2D eigenvalue weighted by Crippen LogP contribution is -2.18. The molecule has 0 amide bonds. The van der Waals surface area contributed by atoms with Crippen LogP contribution in [0.4, 0.5) is 0 Å². The van der Waals surface area contributed by atoms with Gasteiger partial charge in [0.05, 0.1) is 5.54 Å². The molecule has 0 saturated carbocycles. The molecule has 0 unspecified atom stereocenters. The van der Waals surface area contributed by atoms with E-state index in [9.17, 15) is 4.79 Å². The first-order chi connectivity index (χ1) is 5.64. The van der Waals surface area contributed by atoms with Gasteiger partial charge in [0.1, 0.15) is 0 Å². The molecule has 64 valence electrons. The molecule has 0 aromatic carbocycles. The largest absolute Gasteiger partial charge is 0.235 e. The predicted octanol–water partition coefficient (Wildman–Crippen LogP) is 2.41. The first kappa shape index (κ1) is 9.17. The molecule has 0 aliphatic carbocycles. The Morgan fingerprint density at radius 1 is 1.67 bits per heavy atom. The maximum absolute atomic E-state index is 10.1. The summed E-state index contributed by atoms with van der Waals surface area (Å²) in [7, 11) is 0. The van der Waals surface area contributed by atoms with Crippen molar-refractivity contribution < 1.29 is 4.79 Å². The van der Waals surface area contributed by atoms with Crippen LogP contribution in [0.2, 0.25) is 0 Å². The van der Waals surface area contributed by atoms with Crippen LogP contribution in [0.3, 0.4) is 0 Å². The lowest BCUT2D eigenvalue weighted by atomic mass is 10.0. The Bertz CT molecular complexity index is 283. The highest BCUT2D eigenvalue weighted by molar-refractivity contribution is 7.09. The summed E-state index contributed by atoms with van der Waals surface area (Å²) in [4.78, 5) is 15.0. The van der Waals surface area contributed by atoms with Crippen molar-refractivity contribution in [2.45, 2.75) is 25.8 Å². The third-order valence-electron chi connectivity index (χ3n) is 1.54. The highest BCUT2D eigenvalue weighted by Gasteiger charge is 2.17. The van der Waals surface area contributed by atoms with Crippen LogP contribution in [0.1, 0.15) is 18.7 Å². The van der Waals surface area contributed by atoms with Crippen LogP contribution in [-0.2, 0) is 11.2 Å². The summed E-state index contributed by atoms with van der Waals surface area (Å²) in [6.07, 6.45) is 2.41. The topological polar surface area (TPSA) is 29.4 Å². The summed E-state index contributed by atoms with van der Waals surface area (Å²) >= 11 is 1.69. The molecule has 1 aromatic rings. The molecule has 0 N–H and O–H groups in total. The zero-order chi connectivity index (χ0) is 9.03. The predicted molar refractivity (Wildman–Crippen MR) is 50.2 cm³/mol. The van der Waals surface area contributed by atoms with Gasteiger partial charge in [-0.25, -0.2) is 4.79 Å². The van der Waals surface area contributed by atoms with Crippen LogP contribution >= 0.6 is 11.3 Å². The Kier molecular flexibility index (Phi) is 2.79. The number of nitrogens with zero attached hydrogens (tertiary/aromatic N) is 1. The van der Waals surface area contributed by atoms with Gasteiger partial charge >= 0.3 is 0 Å². The molecular formula is C9H11NOS. The number of isocyanates is 1. The molecule has 3 heteroatoms. The lowest BCUT2D eigenvalue weighted by Gasteiger charge is -2.15. The fourth-order valence-corrected chi connectivity index (χ4v) is 1.93. The second-order valence-corrected chi connectivity index (χ2v) is 4.30. The molecule has 2 nitrogen and oxygen atoms in total. The zero-order valence-electron chi connectivity index (χ0n) is 7.20. The van der Waals surface area contributed by atoms with E-state index < -0.39 is 0 Å². The van der Waals surface area contributed by atoms with E-state index >= 15 is 0 Å². The Morgan fingerprint density at radius 2 is 2.42 bits per heavy atom. The van der Waals surface area contributed by atoms with Gasteiger partial charge in [0.25, 0.3) is 0 Å². The van der Waals surface area contributed by atoms with E-state index in [4.69, 9.17) is 0 Å². The van der Waals surface area contributed by atoms with Gasteiger partial charge in [-0.05, 0) is 25.3 Å². The van der Waals surface area contributed by atoms with Gasteiger partial charge in [-0.15, -0.1) is 11.3 Å². The SMILES string of the molecule is CC(C)(Cc1cccs1)N=C=O. The standard InChI is InChI=1S/C9H11NOS/c1-9(2,10-7-11)6-8-4-3-5-12-8/h3-5H,6H2,1-2H3. The quantitative estimate of drug-likeness (QED) is 0.520. The van der Waals surface area contributed by atoms with E-state index in [1.54, 1.807) is 17.4 Å². The minimum atomic E-state index is -0.313. The van der Waals surface area contributed by atoms with E-state index in [0.29, 0.717) is 0 Å². The van der Waals surface area contributed by atoms with Crippen LogP contribution in [0.15, 0.2) is 22.5 Å². The first-order valence-electron chi connectivity index (χ1n) is 3.75. The number of hydrogen-bond donors (Lipinski definition) is 0. The molecule has 0 aliphatic heterocycles. The summed E-state index contributed by atoms with van der Waals surface area (Å²) < 4.78 is 0. The number of hydrogen-bond acceptors (Lipinski definition) is 3. The van der Waals surface area contributed by atoms with Crippen LogP contribution in [-0.4, -0.2) is 11.6 Å². The number of thiophene rings is 1.